The summed E-state index contributed by atoms with van der Waals surface area (Å²) in [5.74, 6) is -1.26. The second-order valence-corrected chi connectivity index (χ2v) is 3.20. The summed E-state index contributed by atoms with van der Waals surface area (Å²) in [5.41, 5.74) is 0.110. The maximum Gasteiger partial charge on any atom is 0.151 e. The van der Waals surface area contributed by atoms with Gasteiger partial charge < -0.3 is 0 Å². The van der Waals surface area contributed by atoms with E-state index in [0.29, 0.717) is 6.29 Å². The number of carbonyl (C=O) groups is 1. The lowest BCUT2D eigenvalue weighted by Crippen LogP contribution is -1.94. The number of hydrogen-bond donors (Lipinski definition) is 0. The monoisotopic (exact) mass is 219 g/mol. The summed E-state index contributed by atoms with van der Waals surface area (Å²) < 4.78 is 26.9. The number of aromatic nitrogens is 1. The molecule has 4 heteroatoms. The molecule has 0 atom stereocenters. The van der Waals surface area contributed by atoms with Gasteiger partial charge in [0.15, 0.2) is 6.29 Å². The van der Waals surface area contributed by atoms with Crippen LogP contribution in [0, 0.1) is 11.6 Å². The molecule has 0 amide bonds. The Morgan fingerprint density at radius 2 is 1.88 bits per heavy atom. The first kappa shape index (κ1) is 10.4. The van der Waals surface area contributed by atoms with Crippen molar-refractivity contribution in [1.82, 2.24) is 4.98 Å². The summed E-state index contributed by atoms with van der Waals surface area (Å²) in [6.07, 6.45) is 1.69. The topological polar surface area (TPSA) is 30.0 Å². The Labute approximate surface area is 90.6 Å². The molecule has 0 aliphatic rings. The lowest BCUT2D eigenvalue weighted by atomic mass is 10.1. The van der Waals surface area contributed by atoms with Crippen LogP contribution in [-0.2, 0) is 0 Å². The van der Waals surface area contributed by atoms with Crippen molar-refractivity contribution in [2.45, 2.75) is 0 Å². The van der Waals surface area contributed by atoms with Gasteiger partial charge in [-0.3, -0.25) is 9.78 Å². The molecule has 0 aliphatic heterocycles. The Bertz CT molecular complexity index is 540. The van der Waals surface area contributed by atoms with E-state index in [2.05, 4.69) is 4.98 Å². The Kier molecular flexibility index (Phi) is 2.72. The first-order valence-corrected chi connectivity index (χ1v) is 4.58. The van der Waals surface area contributed by atoms with Gasteiger partial charge in [0, 0.05) is 17.3 Å². The zero-order valence-corrected chi connectivity index (χ0v) is 8.15. The fourth-order valence-corrected chi connectivity index (χ4v) is 1.37. The molecule has 0 saturated carbocycles. The third kappa shape index (κ3) is 1.82. The third-order valence-electron chi connectivity index (χ3n) is 2.13. The van der Waals surface area contributed by atoms with E-state index >= 15 is 0 Å². The van der Waals surface area contributed by atoms with Crippen LogP contribution in [0.5, 0.6) is 0 Å². The summed E-state index contributed by atoms with van der Waals surface area (Å²) >= 11 is 0. The van der Waals surface area contributed by atoms with Gasteiger partial charge in [0.25, 0.3) is 0 Å². The van der Waals surface area contributed by atoms with E-state index in [1.54, 1.807) is 6.07 Å². The summed E-state index contributed by atoms with van der Waals surface area (Å²) in [6, 6.07) is 6.79. The first-order valence-electron chi connectivity index (χ1n) is 4.58. The van der Waals surface area contributed by atoms with Crippen LogP contribution in [0.1, 0.15) is 10.4 Å². The van der Waals surface area contributed by atoms with Gasteiger partial charge in [0.2, 0.25) is 0 Å². The molecular formula is C12H7F2NO. The predicted octanol–water partition coefficient (Wildman–Crippen LogP) is 2.84. The first-order chi connectivity index (χ1) is 7.72. The van der Waals surface area contributed by atoms with Crippen molar-refractivity contribution in [1.29, 1.82) is 0 Å². The molecule has 0 unspecified atom stereocenters. The highest BCUT2D eigenvalue weighted by molar-refractivity contribution is 5.75. The zero-order valence-electron chi connectivity index (χ0n) is 8.15. The number of carbonyl (C=O) groups excluding carboxylic acids is 1. The van der Waals surface area contributed by atoms with E-state index < -0.39 is 11.6 Å². The lowest BCUT2D eigenvalue weighted by Gasteiger charge is -2.03. The van der Waals surface area contributed by atoms with Crippen molar-refractivity contribution in [2.24, 2.45) is 0 Å². The van der Waals surface area contributed by atoms with Gasteiger partial charge in [-0.2, -0.15) is 0 Å². The highest BCUT2D eigenvalue weighted by Crippen LogP contribution is 2.23. The van der Waals surface area contributed by atoms with Crippen molar-refractivity contribution in [3.05, 3.63) is 53.7 Å². The largest absolute Gasteiger partial charge is 0.298 e. The number of nitrogens with zero attached hydrogens (tertiary/aromatic N) is 1. The number of halogens is 2. The van der Waals surface area contributed by atoms with Crippen LogP contribution >= 0.6 is 0 Å². The van der Waals surface area contributed by atoms with Crippen LogP contribution in [-0.4, -0.2) is 11.3 Å². The molecule has 0 spiro atoms. The highest BCUT2D eigenvalue weighted by atomic mass is 19.1. The van der Waals surface area contributed by atoms with Gasteiger partial charge >= 0.3 is 0 Å². The van der Waals surface area contributed by atoms with Crippen molar-refractivity contribution in [3.63, 3.8) is 0 Å². The Balaban J connectivity index is 2.57. The van der Waals surface area contributed by atoms with Gasteiger partial charge in [-0.05, 0) is 18.2 Å². The van der Waals surface area contributed by atoms with E-state index in [4.69, 9.17) is 0 Å². The van der Waals surface area contributed by atoms with E-state index in [1.165, 1.54) is 24.4 Å². The van der Waals surface area contributed by atoms with E-state index in [9.17, 15) is 13.6 Å². The number of rotatable bonds is 2. The molecule has 1 heterocycles. The third-order valence-corrected chi connectivity index (χ3v) is 2.13. The van der Waals surface area contributed by atoms with Crippen LogP contribution < -0.4 is 0 Å². The van der Waals surface area contributed by atoms with Gasteiger partial charge in [-0.15, -0.1) is 0 Å². The average Bonchev–Trinajstić information content (AvgIpc) is 2.30. The van der Waals surface area contributed by atoms with E-state index in [1.807, 2.05) is 0 Å². The standard InChI is InChI=1S/C12H7F2NO/c13-10-4-2-1-3-9(10)12-11(14)5-8(7-16)6-15-12/h1-7H. The molecule has 0 fully saturated rings. The molecule has 2 nitrogen and oxygen atoms in total. The number of hydrogen-bond acceptors (Lipinski definition) is 2. The fourth-order valence-electron chi connectivity index (χ4n) is 1.37. The Hall–Kier alpha value is -2.10. The maximum atomic E-state index is 13.5. The second kappa shape index (κ2) is 4.18. The zero-order chi connectivity index (χ0) is 11.5. The molecule has 16 heavy (non-hydrogen) atoms. The van der Waals surface area contributed by atoms with Crippen LogP contribution in [0.4, 0.5) is 8.78 Å². The summed E-state index contributed by atoms with van der Waals surface area (Å²) in [7, 11) is 0. The molecule has 0 N–H and O–H groups in total. The van der Waals surface area contributed by atoms with E-state index in [-0.39, 0.29) is 16.8 Å². The molecule has 2 aromatic rings. The van der Waals surface area contributed by atoms with Gasteiger partial charge in [0.1, 0.15) is 17.3 Å². The number of aldehydes is 1. The molecule has 1 aromatic carbocycles. The fraction of sp³-hybridized carbons (Fsp3) is 0. The molecule has 0 saturated heterocycles. The molecule has 0 radical (unpaired) electrons. The average molecular weight is 219 g/mol. The molecular weight excluding hydrogens is 212 g/mol. The minimum Gasteiger partial charge on any atom is -0.298 e. The molecule has 2 rings (SSSR count). The van der Waals surface area contributed by atoms with Crippen LogP contribution in [0.2, 0.25) is 0 Å². The summed E-state index contributed by atoms with van der Waals surface area (Å²) in [6.45, 7) is 0. The smallest absolute Gasteiger partial charge is 0.151 e. The van der Waals surface area contributed by atoms with Gasteiger partial charge in [0.05, 0.1) is 0 Å². The molecule has 1 aromatic heterocycles. The van der Waals surface area contributed by atoms with Crippen molar-refractivity contribution in [2.75, 3.05) is 0 Å². The summed E-state index contributed by atoms with van der Waals surface area (Å²) in [5, 5.41) is 0. The van der Waals surface area contributed by atoms with Crippen molar-refractivity contribution in [3.8, 4) is 11.3 Å². The summed E-state index contributed by atoms with van der Waals surface area (Å²) in [4.78, 5) is 14.1. The van der Waals surface area contributed by atoms with Crippen LogP contribution in [0.3, 0.4) is 0 Å². The Morgan fingerprint density at radius 1 is 1.12 bits per heavy atom. The SMILES string of the molecule is O=Cc1cnc(-c2ccccc2F)c(F)c1. The van der Waals surface area contributed by atoms with Crippen LogP contribution in [0.25, 0.3) is 11.3 Å². The molecule has 0 bridgehead atoms. The van der Waals surface area contributed by atoms with Crippen molar-refractivity contribution < 1.29 is 13.6 Å². The second-order valence-electron chi connectivity index (χ2n) is 3.20. The maximum absolute atomic E-state index is 13.5. The highest BCUT2D eigenvalue weighted by Gasteiger charge is 2.11. The Morgan fingerprint density at radius 3 is 2.50 bits per heavy atom. The quantitative estimate of drug-likeness (QED) is 0.727. The molecule has 80 valence electrons. The van der Waals surface area contributed by atoms with Gasteiger partial charge in [-0.1, -0.05) is 12.1 Å². The van der Waals surface area contributed by atoms with Crippen LogP contribution in [0.15, 0.2) is 36.5 Å². The normalized spacial score (nSPS) is 10.1. The lowest BCUT2D eigenvalue weighted by molar-refractivity contribution is 0.112. The van der Waals surface area contributed by atoms with E-state index in [0.717, 1.165) is 6.07 Å². The van der Waals surface area contributed by atoms with Crippen molar-refractivity contribution >= 4 is 6.29 Å². The predicted molar refractivity (Wildman–Crippen MR) is 55.0 cm³/mol. The minimum absolute atomic E-state index is 0.0810. The van der Waals surface area contributed by atoms with Gasteiger partial charge in [-0.25, -0.2) is 8.78 Å². The minimum atomic E-state index is -0.713. The molecule has 0 aliphatic carbocycles. The number of pyridine rings is 1. The number of benzene rings is 1.